The molecule has 0 amide bonds. The Labute approximate surface area is 164 Å². The van der Waals surface area contributed by atoms with E-state index in [1.807, 2.05) is 0 Å². The van der Waals surface area contributed by atoms with Gasteiger partial charge in [0.05, 0.1) is 14.2 Å². The number of ether oxygens (including phenoxy) is 2. The molecule has 0 aliphatic carbocycles. The van der Waals surface area contributed by atoms with E-state index in [1.165, 1.54) is 32.4 Å². The fraction of sp³-hybridized carbons (Fsp3) is 0.105. The number of aromatic hydroxyl groups is 1. The molecule has 1 heterocycles. The molecular formula is C19H16N2O6S. The van der Waals surface area contributed by atoms with Gasteiger partial charge in [-0.2, -0.15) is 0 Å². The topological polar surface area (TPSA) is 115 Å². The quantitative estimate of drug-likeness (QED) is 0.453. The molecule has 0 saturated carbocycles. The van der Waals surface area contributed by atoms with Gasteiger partial charge in [-0.05, 0) is 47.7 Å². The van der Waals surface area contributed by atoms with E-state index in [4.69, 9.17) is 13.9 Å². The molecule has 0 unspecified atom stereocenters. The Morgan fingerprint density at radius 2 is 1.82 bits per heavy atom. The minimum atomic E-state index is -1.16. The first-order valence-corrected chi connectivity index (χ1v) is 8.79. The molecule has 8 nitrogen and oxygen atoms in total. The van der Waals surface area contributed by atoms with Crippen molar-refractivity contribution in [1.29, 1.82) is 0 Å². The number of carboxylic acids is 1. The Hall–Kier alpha value is -3.46. The van der Waals surface area contributed by atoms with Gasteiger partial charge in [-0.3, -0.25) is 0 Å². The zero-order chi connectivity index (χ0) is 20.1. The second kappa shape index (κ2) is 8.49. The number of aliphatic carboxylic acids is 1. The van der Waals surface area contributed by atoms with Crippen LogP contribution in [0, 0.1) is 0 Å². The van der Waals surface area contributed by atoms with Gasteiger partial charge in [-0.15, -0.1) is 10.2 Å². The Morgan fingerprint density at radius 1 is 1.11 bits per heavy atom. The molecule has 0 bridgehead atoms. The molecule has 0 atom stereocenters. The average Bonchev–Trinajstić information content (AvgIpc) is 3.15. The predicted molar refractivity (Wildman–Crippen MR) is 102 cm³/mol. The van der Waals surface area contributed by atoms with Crippen LogP contribution in [-0.4, -0.2) is 40.6 Å². The predicted octanol–water partition coefficient (Wildman–Crippen LogP) is 3.68. The van der Waals surface area contributed by atoms with Crippen molar-refractivity contribution in [2.24, 2.45) is 0 Å². The summed E-state index contributed by atoms with van der Waals surface area (Å²) < 4.78 is 16.0. The van der Waals surface area contributed by atoms with Gasteiger partial charge < -0.3 is 24.1 Å². The maximum atomic E-state index is 11.6. The van der Waals surface area contributed by atoms with Crippen LogP contribution in [0.1, 0.15) is 5.56 Å². The molecule has 0 spiro atoms. The third kappa shape index (κ3) is 4.63. The summed E-state index contributed by atoms with van der Waals surface area (Å²) >= 11 is 0.810. The minimum Gasteiger partial charge on any atom is -0.508 e. The van der Waals surface area contributed by atoms with Crippen LogP contribution in [0.4, 0.5) is 0 Å². The van der Waals surface area contributed by atoms with Gasteiger partial charge in [0.25, 0.3) is 5.22 Å². The van der Waals surface area contributed by atoms with Crippen molar-refractivity contribution in [3.8, 4) is 28.7 Å². The SMILES string of the molecule is COc1cc(OC)cc(-c2nnc(S/C(=C/c3cccc(O)c3)C(=O)O)o2)c1. The van der Waals surface area contributed by atoms with E-state index in [-0.39, 0.29) is 21.8 Å². The summed E-state index contributed by atoms with van der Waals surface area (Å²) in [7, 11) is 3.05. The van der Waals surface area contributed by atoms with Crippen molar-refractivity contribution in [2.75, 3.05) is 14.2 Å². The fourth-order valence-corrected chi connectivity index (χ4v) is 2.97. The number of carboxylic acid groups (broad SMARTS) is 1. The number of benzene rings is 2. The van der Waals surface area contributed by atoms with Crippen molar-refractivity contribution < 1.29 is 28.9 Å². The number of methoxy groups -OCH3 is 2. The minimum absolute atomic E-state index is 0.0375. The number of hydrogen-bond donors (Lipinski definition) is 2. The number of rotatable bonds is 7. The Bertz CT molecular complexity index is 1010. The van der Waals surface area contributed by atoms with Crippen molar-refractivity contribution in [1.82, 2.24) is 10.2 Å². The second-order valence-corrected chi connectivity index (χ2v) is 6.48. The van der Waals surface area contributed by atoms with Gasteiger partial charge >= 0.3 is 5.97 Å². The standard InChI is InChI=1S/C19H16N2O6S/c1-25-14-8-12(9-15(10-14)26-2)17-20-21-19(27-17)28-16(18(23)24)7-11-4-3-5-13(22)6-11/h3-10,22H,1-2H3,(H,23,24)/b16-7+. The molecule has 9 heteroatoms. The first-order chi connectivity index (χ1) is 13.5. The molecule has 3 aromatic rings. The van der Waals surface area contributed by atoms with E-state index in [2.05, 4.69) is 10.2 Å². The zero-order valence-electron chi connectivity index (χ0n) is 14.9. The molecule has 2 N–H and O–H groups in total. The molecular weight excluding hydrogens is 384 g/mol. The van der Waals surface area contributed by atoms with Crippen molar-refractivity contribution in [2.45, 2.75) is 5.22 Å². The van der Waals surface area contributed by atoms with E-state index in [1.54, 1.807) is 30.3 Å². The molecule has 0 fully saturated rings. The number of nitrogens with zero attached hydrogens (tertiary/aromatic N) is 2. The zero-order valence-corrected chi connectivity index (χ0v) is 15.8. The molecule has 2 aromatic carbocycles. The molecule has 3 rings (SSSR count). The average molecular weight is 400 g/mol. The van der Waals surface area contributed by atoms with Gasteiger partial charge in [-0.1, -0.05) is 12.1 Å². The lowest BCUT2D eigenvalue weighted by Crippen LogP contribution is -1.96. The normalized spacial score (nSPS) is 11.3. The summed E-state index contributed by atoms with van der Waals surface area (Å²) in [5, 5.41) is 26.9. The van der Waals surface area contributed by atoms with Crippen LogP contribution >= 0.6 is 11.8 Å². The first-order valence-electron chi connectivity index (χ1n) is 7.97. The van der Waals surface area contributed by atoms with E-state index in [0.29, 0.717) is 22.6 Å². The summed E-state index contributed by atoms with van der Waals surface area (Å²) in [6, 6.07) is 11.3. The van der Waals surface area contributed by atoms with Gasteiger partial charge in [-0.25, -0.2) is 4.79 Å². The lowest BCUT2D eigenvalue weighted by Gasteiger charge is -2.05. The highest BCUT2D eigenvalue weighted by Gasteiger charge is 2.17. The van der Waals surface area contributed by atoms with Crippen molar-refractivity contribution in [3.63, 3.8) is 0 Å². The van der Waals surface area contributed by atoms with Crippen LogP contribution in [0.25, 0.3) is 17.5 Å². The van der Waals surface area contributed by atoms with Crippen molar-refractivity contribution in [3.05, 3.63) is 52.9 Å². The summed E-state index contributed by atoms with van der Waals surface area (Å²) in [6.07, 6.45) is 1.41. The van der Waals surface area contributed by atoms with Crippen LogP contribution in [0.5, 0.6) is 17.2 Å². The summed E-state index contributed by atoms with van der Waals surface area (Å²) in [5.41, 5.74) is 1.10. The molecule has 28 heavy (non-hydrogen) atoms. The fourth-order valence-electron chi connectivity index (χ4n) is 2.29. The number of phenolic OH excluding ortho intramolecular Hbond substituents is 1. The van der Waals surface area contributed by atoms with Gasteiger partial charge in [0, 0.05) is 11.6 Å². The highest BCUT2D eigenvalue weighted by molar-refractivity contribution is 8.03. The molecule has 0 aliphatic heterocycles. The lowest BCUT2D eigenvalue weighted by molar-refractivity contribution is -0.131. The van der Waals surface area contributed by atoms with Gasteiger partial charge in [0.1, 0.15) is 22.2 Å². The number of phenols is 1. The highest BCUT2D eigenvalue weighted by atomic mass is 32.2. The Morgan fingerprint density at radius 3 is 2.43 bits per heavy atom. The van der Waals surface area contributed by atoms with E-state index in [9.17, 15) is 15.0 Å². The highest BCUT2D eigenvalue weighted by Crippen LogP contribution is 2.33. The maximum absolute atomic E-state index is 11.6. The summed E-state index contributed by atoms with van der Waals surface area (Å²) in [4.78, 5) is 11.5. The van der Waals surface area contributed by atoms with E-state index < -0.39 is 5.97 Å². The first kappa shape index (κ1) is 19.3. The number of carbonyl (C=O) groups is 1. The Balaban J connectivity index is 1.88. The third-order valence-corrected chi connectivity index (χ3v) is 4.43. The van der Waals surface area contributed by atoms with Crippen LogP contribution in [0.15, 0.2) is 57.0 Å². The van der Waals surface area contributed by atoms with Crippen LogP contribution in [0.3, 0.4) is 0 Å². The summed E-state index contributed by atoms with van der Waals surface area (Å²) in [5.74, 6) is 0.182. The third-order valence-electron chi connectivity index (χ3n) is 3.58. The Kier molecular flexibility index (Phi) is 5.85. The van der Waals surface area contributed by atoms with Crippen LogP contribution < -0.4 is 9.47 Å². The van der Waals surface area contributed by atoms with E-state index in [0.717, 1.165) is 11.8 Å². The number of hydrogen-bond acceptors (Lipinski definition) is 8. The molecule has 1 aromatic heterocycles. The number of aromatic nitrogens is 2. The molecule has 0 saturated heterocycles. The van der Waals surface area contributed by atoms with Crippen LogP contribution in [0.2, 0.25) is 0 Å². The molecule has 0 radical (unpaired) electrons. The second-order valence-electron chi connectivity index (χ2n) is 5.49. The summed E-state index contributed by atoms with van der Waals surface area (Å²) in [6.45, 7) is 0. The molecule has 144 valence electrons. The largest absolute Gasteiger partial charge is 0.508 e. The van der Waals surface area contributed by atoms with Gasteiger partial charge in [0.2, 0.25) is 5.89 Å². The molecule has 0 aliphatic rings. The lowest BCUT2D eigenvalue weighted by atomic mass is 10.2. The van der Waals surface area contributed by atoms with E-state index >= 15 is 0 Å². The van der Waals surface area contributed by atoms with Crippen molar-refractivity contribution >= 4 is 23.8 Å². The van der Waals surface area contributed by atoms with Crippen LogP contribution in [-0.2, 0) is 4.79 Å². The van der Waals surface area contributed by atoms with Gasteiger partial charge in [0.15, 0.2) is 0 Å². The maximum Gasteiger partial charge on any atom is 0.342 e. The number of thioether (sulfide) groups is 1. The monoisotopic (exact) mass is 400 g/mol. The smallest absolute Gasteiger partial charge is 0.342 e.